The monoisotopic (exact) mass is 270 g/mol. The van der Waals surface area contributed by atoms with Gasteiger partial charge in [0.05, 0.1) is 0 Å². The molecular formula is C12H12BrFO. The Balaban J connectivity index is 1.99. The van der Waals surface area contributed by atoms with Crippen molar-refractivity contribution < 1.29 is 9.18 Å². The zero-order valence-electron chi connectivity index (χ0n) is 8.30. The maximum Gasteiger partial charge on any atom is 0.137 e. The quantitative estimate of drug-likeness (QED) is 0.819. The van der Waals surface area contributed by atoms with Crippen LogP contribution in [0.3, 0.4) is 0 Å². The lowest BCUT2D eigenvalue weighted by atomic mass is 10.0. The number of benzene rings is 1. The number of carbonyl (C=O) groups is 1. The van der Waals surface area contributed by atoms with Gasteiger partial charge in [-0.25, -0.2) is 4.39 Å². The van der Waals surface area contributed by atoms with Crippen molar-refractivity contribution in [2.24, 2.45) is 5.92 Å². The number of halogens is 2. The van der Waals surface area contributed by atoms with Crippen LogP contribution in [0.5, 0.6) is 0 Å². The third-order valence-electron chi connectivity index (χ3n) is 2.62. The van der Waals surface area contributed by atoms with Crippen LogP contribution in [0, 0.1) is 11.7 Å². The first-order valence-corrected chi connectivity index (χ1v) is 5.90. The highest BCUT2D eigenvalue weighted by atomic mass is 79.9. The SMILES string of the molecule is O=C(Cc1ccc(Br)cc1F)CC1CC1. The summed E-state index contributed by atoms with van der Waals surface area (Å²) in [5, 5.41) is 0. The molecule has 0 amide bonds. The minimum absolute atomic E-state index is 0.152. The molecule has 0 N–H and O–H groups in total. The van der Waals surface area contributed by atoms with Gasteiger partial charge in [-0.2, -0.15) is 0 Å². The van der Waals surface area contributed by atoms with Crippen LogP contribution in [0.2, 0.25) is 0 Å². The largest absolute Gasteiger partial charge is 0.299 e. The van der Waals surface area contributed by atoms with Gasteiger partial charge in [-0.15, -0.1) is 0 Å². The Labute approximate surface area is 96.8 Å². The molecule has 0 aliphatic heterocycles. The van der Waals surface area contributed by atoms with Crippen LogP contribution in [-0.4, -0.2) is 5.78 Å². The Morgan fingerprint density at radius 3 is 2.80 bits per heavy atom. The average molecular weight is 271 g/mol. The van der Waals surface area contributed by atoms with E-state index in [4.69, 9.17) is 0 Å². The predicted octanol–water partition coefficient (Wildman–Crippen LogP) is 3.50. The Kier molecular flexibility index (Phi) is 3.19. The molecule has 0 spiro atoms. The fourth-order valence-electron chi connectivity index (χ4n) is 1.59. The second-order valence-electron chi connectivity index (χ2n) is 4.10. The first-order valence-electron chi connectivity index (χ1n) is 5.11. The molecule has 1 nitrogen and oxygen atoms in total. The van der Waals surface area contributed by atoms with E-state index in [1.54, 1.807) is 12.1 Å². The molecule has 15 heavy (non-hydrogen) atoms. The number of hydrogen-bond acceptors (Lipinski definition) is 1. The van der Waals surface area contributed by atoms with Crippen molar-refractivity contribution in [1.29, 1.82) is 0 Å². The van der Waals surface area contributed by atoms with E-state index in [1.807, 2.05) is 0 Å². The fraction of sp³-hybridized carbons (Fsp3) is 0.417. The molecular weight excluding hydrogens is 259 g/mol. The normalized spacial score (nSPS) is 15.3. The maximum absolute atomic E-state index is 13.4. The summed E-state index contributed by atoms with van der Waals surface area (Å²) in [6.45, 7) is 0. The molecule has 0 unspecified atom stereocenters. The Hall–Kier alpha value is -0.700. The van der Waals surface area contributed by atoms with Gasteiger partial charge in [-0.1, -0.05) is 22.0 Å². The second-order valence-corrected chi connectivity index (χ2v) is 5.01. The van der Waals surface area contributed by atoms with E-state index in [0.29, 0.717) is 22.4 Å². The predicted molar refractivity (Wildman–Crippen MR) is 60.2 cm³/mol. The van der Waals surface area contributed by atoms with Gasteiger partial charge in [0.1, 0.15) is 11.6 Å². The lowest BCUT2D eigenvalue weighted by Crippen LogP contribution is -2.05. The van der Waals surface area contributed by atoms with E-state index in [0.717, 1.165) is 12.8 Å². The zero-order valence-corrected chi connectivity index (χ0v) is 9.89. The van der Waals surface area contributed by atoms with E-state index >= 15 is 0 Å². The fourth-order valence-corrected chi connectivity index (χ4v) is 1.93. The maximum atomic E-state index is 13.4. The Bertz CT molecular complexity index is 385. The summed E-state index contributed by atoms with van der Waals surface area (Å²) in [4.78, 5) is 11.5. The molecule has 1 aromatic carbocycles. The molecule has 0 bridgehead atoms. The van der Waals surface area contributed by atoms with Crippen molar-refractivity contribution in [3.63, 3.8) is 0 Å². The molecule has 80 valence electrons. The van der Waals surface area contributed by atoms with Crippen LogP contribution in [0.15, 0.2) is 22.7 Å². The van der Waals surface area contributed by atoms with Crippen molar-refractivity contribution in [3.8, 4) is 0 Å². The molecule has 1 saturated carbocycles. The van der Waals surface area contributed by atoms with E-state index < -0.39 is 0 Å². The number of Topliss-reactive ketones (excluding diaryl/α,β-unsaturated/α-hetero) is 1. The number of rotatable bonds is 4. The smallest absolute Gasteiger partial charge is 0.137 e. The van der Waals surface area contributed by atoms with Crippen molar-refractivity contribution in [3.05, 3.63) is 34.1 Å². The molecule has 1 aliphatic rings. The minimum atomic E-state index is -0.298. The van der Waals surface area contributed by atoms with E-state index in [1.165, 1.54) is 6.07 Å². The van der Waals surface area contributed by atoms with Crippen molar-refractivity contribution >= 4 is 21.7 Å². The molecule has 1 fully saturated rings. The third kappa shape index (κ3) is 3.13. The zero-order chi connectivity index (χ0) is 10.8. The van der Waals surface area contributed by atoms with Gasteiger partial charge in [-0.3, -0.25) is 4.79 Å². The van der Waals surface area contributed by atoms with Gasteiger partial charge in [0.15, 0.2) is 0 Å². The van der Waals surface area contributed by atoms with Crippen LogP contribution in [0.4, 0.5) is 4.39 Å². The molecule has 2 rings (SSSR count). The third-order valence-corrected chi connectivity index (χ3v) is 3.11. The Morgan fingerprint density at radius 2 is 2.20 bits per heavy atom. The average Bonchev–Trinajstić information content (AvgIpc) is 2.94. The summed E-state index contributed by atoms with van der Waals surface area (Å²) in [6, 6.07) is 4.84. The van der Waals surface area contributed by atoms with Gasteiger partial charge in [0, 0.05) is 17.3 Å². The summed E-state index contributed by atoms with van der Waals surface area (Å²) >= 11 is 3.19. The Morgan fingerprint density at radius 1 is 1.47 bits per heavy atom. The topological polar surface area (TPSA) is 17.1 Å². The summed E-state index contributed by atoms with van der Waals surface area (Å²) in [5.41, 5.74) is 0.504. The molecule has 1 aliphatic carbocycles. The summed E-state index contributed by atoms with van der Waals surface area (Å²) < 4.78 is 14.1. The van der Waals surface area contributed by atoms with Crippen LogP contribution in [0.25, 0.3) is 0 Å². The summed E-state index contributed by atoms with van der Waals surface area (Å²) in [7, 11) is 0. The number of carbonyl (C=O) groups excluding carboxylic acids is 1. The molecule has 0 radical (unpaired) electrons. The van der Waals surface area contributed by atoms with Gasteiger partial charge >= 0.3 is 0 Å². The van der Waals surface area contributed by atoms with Crippen LogP contribution >= 0.6 is 15.9 Å². The lowest BCUT2D eigenvalue weighted by molar-refractivity contribution is -0.118. The van der Waals surface area contributed by atoms with Crippen molar-refractivity contribution in [2.75, 3.05) is 0 Å². The van der Waals surface area contributed by atoms with Crippen molar-refractivity contribution in [2.45, 2.75) is 25.7 Å². The first-order chi connectivity index (χ1) is 7.15. The van der Waals surface area contributed by atoms with Gasteiger partial charge in [0.25, 0.3) is 0 Å². The van der Waals surface area contributed by atoms with Crippen LogP contribution in [-0.2, 0) is 11.2 Å². The van der Waals surface area contributed by atoms with Gasteiger partial charge in [0.2, 0.25) is 0 Å². The first kappa shape index (κ1) is 10.8. The standard InChI is InChI=1S/C12H12BrFO/c13-10-4-3-9(12(14)7-10)6-11(15)5-8-1-2-8/h3-4,7-8H,1-2,5-6H2. The summed E-state index contributed by atoms with van der Waals surface area (Å²) in [6.07, 6.45) is 3.17. The molecule has 1 aromatic rings. The molecule has 0 atom stereocenters. The molecule has 3 heteroatoms. The highest BCUT2D eigenvalue weighted by Gasteiger charge is 2.24. The van der Waals surface area contributed by atoms with Crippen LogP contribution < -0.4 is 0 Å². The summed E-state index contributed by atoms with van der Waals surface area (Å²) in [5.74, 6) is 0.434. The van der Waals surface area contributed by atoms with Crippen molar-refractivity contribution in [1.82, 2.24) is 0 Å². The second kappa shape index (κ2) is 4.44. The molecule has 0 heterocycles. The highest BCUT2D eigenvalue weighted by Crippen LogP contribution is 2.33. The van der Waals surface area contributed by atoms with E-state index in [9.17, 15) is 9.18 Å². The molecule has 0 saturated heterocycles. The van der Waals surface area contributed by atoms with E-state index in [-0.39, 0.29) is 18.0 Å². The number of hydrogen-bond donors (Lipinski definition) is 0. The van der Waals surface area contributed by atoms with E-state index in [2.05, 4.69) is 15.9 Å². The van der Waals surface area contributed by atoms with Gasteiger partial charge in [-0.05, 0) is 36.5 Å². The number of ketones is 1. The van der Waals surface area contributed by atoms with Gasteiger partial charge < -0.3 is 0 Å². The molecule has 0 aromatic heterocycles. The van der Waals surface area contributed by atoms with Crippen LogP contribution in [0.1, 0.15) is 24.8 Å². The highest BCUT2D eigenvalue weighted by molar-refractivity contribution is 9.10. The minimum Gasteiger partial charge on any atom is -0.299 e. The lowest BCUT2D eigenvalue weighted by Gasteiger charge is -2.02.